The van der Waals surface area contributed by atoms with Crippen LogP contribution in [-0.2, 0) is 12.8 Å². The van der Waals surface area contributed by atoms with Crippen LogP contribution in [-0.4, -0.2) is 40.0 Å². The molecule has 0 unspecified atom stereocenters. The average molecular weight is 516 g/mol. The van der Waals surface area contributed by atoms with Crippen molar-refractivity contribution in [1.82, 2.24) is 25.0 Å². The van der Waals surface area contributed by atoms with Crippen LogP contribution in [0.1, 0.15) is 23.7 Å². The van der Waals surface area contributed by atoms with Crippen molar-refractivity contribution in [2.75, 3.05) is 19.6 Å². The van der Waals surface area contributed by atoms with Gasteiger partial charge < -0.3 is 20.0 Å². The topological polar surface area (TPSA) is 69.5 Å². The van der Waals surface area contributed by atoms with E-state index in [1.165, 1.54) is 22.0 Å². The monoisotopic (exact) mass is 516 g/mol. The number of hydrogen-bond acceptors (Lipinski definition) is 2. The fourth-order valence-corrected chi connectivity index (χ4v) is 3.60. The highest BCUT2D eigenvalue weighted by Crippen LogP contribution is 2.17. The summed E-state index contributed by atoms with van der Waals surface area (Å²) in [6.45, 7) is 6.55. The summed E-state index contributed by atoms with van der Waals surface area (Å²) in [6.07, 6.45) is 8.00. The Balaban J connectivity index is 0.00000256. The molecule has 0 aliphatic rings. The number of aromatic nitrogens is 3. The minimum absolute atomic E-state index is 0. The summed E-state index contributed by atoms with van der Waals surface area (Å²) in [4.78, 5) is 12.8. The number of pyridine rings is 1. The molecule has 3 heterocycles. The van der Waals surface area contributed by atoms with Crippen molar-refractivity contribution in [2.24, 2.45) is 4.99 Å². The Morgan fingerprint density at radius 3 is 2.83 bits per heavy atom. The molecule has 0 atom stereocenters. The molecule has 6 nitrogen and oxygen atoms in total. The van der Waals surface area contributed by atoms with E-state index in [-0.39, 0.29) is 24.0 Å². The van der Waals surface area contributed by atoms with Gasteiger partial charge in [0.25, 0.3) is 0 Å². The van der Waals surface area contributed by atoms with Crippen molar-refractivity contribution >= 4 is 46.5 Å². The van der Waals surface area contributed by atoms with Gasteiger partial charge in [0, 0.05) is 55.5 Å². The first-order valence-electron chi connectivity index (χ1n) is 10.2. The van der Waals surface area contributed by atoms with Crippen molar-refractivity contribution in [1.29, 1.82) is 0 Å². The van der Waals surface area contributed by atoms with E-state index in [4.69, 9.17) is 9.98 Å². The van der Waals surface area contributed by atoms with Gasteiger partial charge in [0.05, 0.1) is 5.69 Å². The van der Waals surface area contributed by atoms with Crippen LogP contribution in [0.2, 0.25) is 0 Å². The van der Waals surface area contributed by atoms with Crippen LogP contribution in [0.5, 0.6) is 0 Å². The molecule has 0 saturated heterocycles. The second-order valence-corrected chi connectivity index (χ2v) is 7.20. The van der Waals surface area contributed by atoms with Gasteiger partial charge in [0.2, 0.25) is 0 Å². The summed E-state index contributed by atoms with van der Waals surface area (Å²) in [5, 5.41) is 8.06. The molecular formula is C23H29IN6. The number of guanidine groups is 1. The molecule has 0 aliphatic carbocycles. The van der Waals surface area contributed by atoms with Crippen LogP contribution >= 0.6 is 24.0 Å². The molecule has 4 aromatic rings. The molecule has 0 saturated carbocycles. The fraction of sp³-hybridized carbons (Fsp3) is 0.304. The quantitative estimate of drug-likeness (QED) is 0.197. The van der Waals surface area contributed by atoms with Gasteiger partial charge in [-0.25, -0.2) is 4.98 Å². The highest BCUT2D eigenvalue weighted by atomic mass is 127. The number of rotatable bonds is 7. The maximum atomic E-state index is 4.73. The Hall–Kier alpha value is -2.55. The Morgan fingerprint density at radius 2 is 2.00 bits per heavy atom. The highest BCUT2D eigenvalue weighted by Gasteiger charge is 2.05. The van der Waals surface area contributed by atoms with Crippen LogP contribution in [0, 0.1) is 6.92 Å². The molecule has 0 bridgehead atoms. The Morgan fingerprint density at radius 1 is 1.13 bits per heavy atom. The minimum Gasteiger partial charge on any atom is -0.361 e. The summed E-state index contributed by atoms with van der Waals surface area (Å²) < 4.78 is 2.08. The molecular weight excluding hydrogens is 487 g/mol. The van der Waals surface area contributed by atoms with Gasteiger partial charge in [-0.2, -0.15) is 0 Å². The summed E-state index contributed by atoms with van der Waals surface area (Å²) in [5.74, 6) is 0.854. The number of halogens is 1. The van der Waals surface area contributed by atoms with Crippen LogP contribution in [0.3, 0.4) is 0 Å². The maximum Gasteiger partial charge on any atom is 0.191 e. The lowest BCUT2D eigenvalue weighted by Crippen LogP contribution is -2.38. The van der Waals surface area contributed by atoms with Crippen molar-refractivity contribution < 1.29 is 0 Å². The third-order valence-electron chi connectivity index (χ3n) is 5.07. The SMILES string of the molecule is CCNC(=NCCc1cn2cccc(C)c2n1)NCCc1c[nH]c2ccccc12.I. The van der Waals surface area contributed by atoms with Gasteiger partial charge in [0.15, 0.2) is 5.96 Å². The molecule has 4 rings (SSSR count). The first-order chi connectivity index (χ1) is 14.2. The molecule has 3 aromatic heterocycles. The molecule has 30 heavy (non-hydrogen) atoms. The Bertz CT molecular complexity index is 1130. The summed E-state index contributed by atoms with van der Waals surface area (Å²) in [5.41, 5.74) is 5.79. The van der Waals surface area contributed by atoms with E-state index < -0.39 is 0 Å². The van der Waals surface area contributed by atoms with Crippen LogP contribution in [0.4, 0.5) is 0 Å². The summed E-state index contributed by atoms with van der Waals surface area (Å²) in [7, 11) is 0. The number of nitrogens with one attached hydrogen (secondary N) is 3. The zero-order chi connectivity index (χ0) is 20.1. The number of hydrogen-bond donors (Lipinski definition) is 3. The Labute approximate surface area is 194 Å². The number of fused-ring (bicyclic) bond motifs is 2. The average Bonchev–Trinajstić information content (AvgIpc) is 3.33. The van der Waals surface area contributed by atoms with E-state index in [1.807, 2.05) is 12.3 Å². The van der Waals surface area contributed by atoms with Crippen LogP contribution in [0.15, 0.2) is 60.0 Å². The maximum absolute atomic E-state index is 4.73. The van der Waals surface area contributed by atoms with Gasteiger partial charge in [-0.05, 0) is 43.5 Å². The number of nitrogens with zero attached hydrogens (tertiary/aromatic N) is 3. The summed E-state index contributed by atoms with van der Waals surface area (Å²) in [6, 6.07) is 12.5. The van der Waals surface area contributed by atoms with Gasteiger partial charge in [-0.3, -0.25) is 4.99 Å². The Kier molecular flexibility index (Phi) is 7.73. The van der Waals surface area contributed by atoms with Gasteiger partial charge in [-0.1, -0.05) is 24.3 Å². The first-order valence-corrected chi connectivity index (χ1v) is 10.2. The smallest absolute Gasteiger partial charge is 0.191 e. The van der Waals surface area contributed by atoms with E-state index in [2.05, 4.69) is 76.6 Å². The second kappa shape index (κ2) is 10.5. The zero-order valence-corrected chi connectivity index (χ0v) is 19.8. The van der Waals surface area contributed by atoms with Crippen molar-refractivity contribution in [3.05, 3.63) is 71.8 Å². The van der Waals surface area contributed by atoms with E-state index in [0.29, 0.717) is 6.54 Å². The third kappa shape index (κ3) is 5.13. The predicted octanol–water partition coefficient (Wildman–Crippen LogP) is 4.08. The van der Waals surface area contributed by atoms with Gasteiger partial charge >= 0.3 is 0 Å². The van der Waals surface area contributed by atoms with Crippen molar-refractivity contribution in [3.63, 3.8) is 0 Å². The van der Waals surface area contributed by atoms with Gasteiger partial charge in [-0.15, -0.1) is 24.0 Å². The molecule has 0 amide bonds. The molecule has 1 aromatic carbocycles. The normalized spacial score (nSPS) is 11.6. The van der Waals surface area contributed by atoms with E-state index in [9.17, 15) is 0 Å². The van der Waals surface area contributed by atoms with Crippen LogP contribution < -0.4 is 10.6 Å². The van der Waals surface area contributed by atoms with E-state index >= 15 is 0 Å². The lowest BCUT2D eigenvalue weighted by atomic mass is 10.1. The number of para-hydroxylation sites is 1. The van der Waals surface area contributed by atoms with Crippen LogP contribution in [0.25, 0.3) is 16.6 Å². The number of imidazole rings is 1. The number of aromatic amines is 1. The van der Waals surface area contributed by atoms with E-state index in [1.54, 1.807) is 0 Å². The van der Waals surface area contributed by atoms with Crippen molar-refractivity contribution in [3.8, 4) is 0 Å². The highest BCUT2D eigenvalue weighted by molar-refractivity contribution is 14.0. The van der Waals surface area contributed by atoms with Crippen molar-refractivity contribution in [2.45, 2.75) is 26.7 Å². The van der Waals surface area contributed by atoms with Gasteiger partial charge in [0.1, 0.15) is 5.65 Å². The number of H-pyrrole nitrogens is 1. The second-order valence-electron chi connectivity index (χ2n) is 7.20. The largest absolute Gasteiger partial charge is 0.361 e. The zero-order valence-electron chi connectivity index (χ0n) is 17.5. The molecule has 3 N–H and O–H groups in total. The molecule has 158 valence electrons. The fourth-order valence-electron chi connectivity index (χ4n) is 3.60. The molecule has 0 spiro atoms. The molecule has 0 fully saturated rings. The minimum atomic E-state index is 0. The molecule has 7 heteroatoms. The molecule has 0 radical (unpaired) electrons. The summed E-state index contributed by atoms with van der Waals surface area (Å²) >= 11 is 0. The lowest BCUT2D eigenvalue weighted by molar-refractivity contribution is 0.797. The first kappa shape index (κ1) is 22.1. The van der Waals surface area contributed by atoms with E-state index in [0.717, 1.165) is 43.2 Å². The number of aliphatic imine (C=N–C) groups is 1. The molecule has 0 aliphatic heterocycles. The lowest BCUT2D eigenvalue weighted by Gasteiger charge is -2.11. The number of aryl methyl sites for hydroxylation is 1. The predicted molar refractivity (Wildman–Crippen MR) is 135 cm³/mol. The number of benzene rings is 1. The standard InChI is InChI=1S/C23H28N6.HI/c1-3-24-23(25-12-10-18-15-27-21-9-5-4-8-20(18)21)26-13-11-19-16-29-14-6-7-17(2)22(29)28-19;/h4-9,14-16,27H,3,10-13H2,1-2H3,(H2,24,25,26);1H. The third-order valence-corrected chi connectivity index (χ3v) is 5.07.